The smallest absolute Gasteiger partial charge is 0.270 e. The van der Waals surface area contributed by atoms with Crippen LogP contribution in [-0.2, 0) is 6.54 Å². The first-order valence-electron chi connectivity index (χ1n) is 8.66. The third-order valence-corrected chi connectivity index (χ3v) is 5.87. The van der Waals surface area contributed by atoms with E-state index in [2.05, 4.69) is 34.9 Å². The van der Waals surface area contributed by atoms with E-state index in [1.54, 1.807) is 11.9 Å². The summed E-state index contributed by atoms with van der Waals surface area (Å²) in [6, 6.07) is 5.84. The van der Waals surface area contributed by atoms with Gasteiger partial charge in [0, 0.05) is 18.0 Å². The Balaban J connectivity index is 1.65. The van der Waals surface area contributed by atoms with Gasteiger partial charge in [-0.25, -0.2) is 4.98 Å². The molecule has 3 aromatic heterocycles. The number of thiophene rings is 1. The van der Waals surface area contributed by atoms with Gasteiger partial charge < -0.3 is 14.9 Å². The summed E-state index contributed by atoms with van der Waals surface area (Å²) in [7, 11) is 1.70. The van der Waals surface area contributed by atoms with Gasteiger partial charge >= 0.3 is 0 Å². The van der Waals surface area contributed by atoms with Crippen LogP contribution in [0.1, 0.15) is 33.0 Å². The molecule has 4 rings (SSSR count). The Morgan fingerprint density at radius 3 is 2.74 bits per heavy atom. The maximum absolute atomic E-state index is 12.9. The molecule has 1 amide bonds. The SMILES string of the molecule is Cc1cc(C)c2cc(C(=O)N(C)Cc3nc4ccsc4c(=O)[nH]3)[nH]c2c1C. The first-order chi connectivity index (χ1) is 12.8. The highest BCUT2D eigenvalue weighted by Gasteiger charge is 2.18. The lowest BCUT2D eigenvalue weighted by Gasteiger charge is -2.15. The molecular formula is C20H20N4O2S. The largest absolute Gasteiger partial charge is 0.350 e. The molecule has 0 aliphatic heterocycles. The molecule has 0 radical (unpaired) electrons. The number of aryl methyl sites for hydroxylation is 3. The predicted molar refractivity (Wildman–Crippen MR) is 109 cm³/mol. The number of amides is 1. The van der Waals surface area contributed by atoms with Crippen LogP contribution in [0.5, 0.6) is 0 Å². The number of fused-ring (bicyclic) bond motifs is 2. The average Bonchev–Trinajstić information content (AvgIpc) is 3.26. The minimum Gasteiger partial charge on any atom is -0.350 e. The number of carbonyl (C=O) groups is 1. The van der Waals surface area contributed by atoms with Crippen molar-refractivity contribution < 1.29 is 4.79 Å². The molecule has 0 fully saturated rings. The Morgan fingerprint density at radius 2 is 1.96 bits per heavy atom. The average molecular weight is 380 g/mol. The van der Waals surface area contributed by atoms with Gasteiger partial charge in [0.25, 0.3) is 11.5 Å². The monoisotopic (exact) mass is 380 g/mol. The van der Waals surface area contributed by atoms with E-state index < -0.39 is 0 Å². The summed E-state index contributed by atoms with van der Waals surface area (Å²) in [6.07, 6.45) is 0. The van der Waals surface area contributed by atoms with E-state index in [-0.39, 0.29) is 18.0 Å². The summed E-state index contributed by atoms with van der Waals surface area (Å²) < 4.78 is 0.602. The maximum atomic E-state index is 12.9. The topological polar surface area (TPSA) is 81.8 Å². The fourth-order valence-corrected chi connectivity index (χ4v) is 4.11. The van der Waals surface area contributed by atoms with E-state index in [4.69, 9.17) is 0 Å². The van der Waals surface area contributed by atoms with Gasteiger partial charge in [-0.05, 0) is 55.0 Å². The van der Waals surface area contributed by atoms with Crippen molar-refractivity contribution in [2.75, 3.05) is 7.05 Å². The van der Waals surface area contributed by atoms with E-state index in [1.807, 2.05) is 24.4 Å². The van der Waals surface area contributed by atoms with Crippen LogP contribution in [0.4, 0.5) is 0 Å². The number of H-pyrrole nitrogens is 2. The molecule has 6 nitrogen and oxygen atoms in total. The molecule has 0 spiro atoms. The van der Waals surface area contributed by atoms with Crippen LogP contribution in [0.2, 0.25) is 0 Å². The van der Waals surface area contributed by atoms with Gasteiger partial charge in [0.05, 0.1) is 12.1 Å². The van der Waals surface area contributed by atoms with E-state index >= 15 is 0 Å². The predicted octanol–water partition coefficient (Wildman–Crippen LogP) is 3.66. The van der Waals surface area contributed by atoms with Gasteiger partial charge in [0.15, 0.2) is 0 Å². The van der Waals surface area contributed by atoms with Crippen LogP contribution in [0.3, 0.4) is 0 Å². The third kappa shape index (κ3) is 2.94. The van der Waals surface area contributed by atoms with Crippen LogP contribution in [0, 0.1) is 20.8 Å². The molecule has 0 saturated carbocycles. The van der Waals surface area contributed by atoms with Crippen LogP contribution >= 0.6 is 11.3 Å². The van der Waals surface area contributed by atoms with Crippen molar-refractivity contribution in [1.29, 1.82) is 0 Å². The lowest BCUT2D eigenvalue weighted by molar-refractivity contribution is 0.0776. The molecule has 1 aromatic carbocycles. The number of nitrogens with zero attached hydrogens (tertiary/aromatic N) is 2. The lowest BCUT2D eigenvalue weighted by atomic mass is 10.0. The van der Waals surface area contributed by atoms with Gasteiger partial charge in [0.2, 0.25) is 0 Å². The van der Waals surface area contributed by atoms with Gasteiger partial charge in [0.1, 0.15) is 16.2 Å². The Kier molecular flexibility index (Phi) is 4.11. The van der Waals surface area contributed by atoms with Gasteiger partial charge in [-0.15, -0.1) is 11.3 Å². The van der Waals surface area contributed by atoms with E-state index in [1.165, 1.54) is 16.9 Å². The minimum atomic E-state index is -0.168. The molecule has 138 valence electrons. The van der Waals surface area contributed by atoms with Crippen molar-refractivity contribution in [1.82, 2.24) is 19.9 Å². The molecule has 0 aliphatic rings. The molecule has 7 heteroatoms. The molecule has 0 atom stereocenters. The van der Waals surface area contributed by atoms with E-state index in [0.29, 0.717) is 21.7 Å². The minimum absolute atomic E-state index is 0.143. The number of benzene rings is 1. The van der Waals surface area contributed by atoms with Crippen LogP contribution < -0.4 is 5.56 Å². The Labute approximate surface area is 159 Å². The van der Waals surface area contributed by atoms with Crippen LogP contribution in [0.15, 0.2) is 28.4 Å². The quantitative estimate of drug-likeness (QED) is 0.569. The molecule has 3 heterocycles. The molecule has 2 N–H and O–H groups in total. The van der Waals surface area contributed by atoms with Gasteiger partial charge in [-0.3, -0.25) is 9.59 Å². The van der Waals surface area contributed by atoms with Crippen LogP contribution in [0.25, 0.3) is 21.1 Å². The molecular weight excluding hydrogens is 360 g/mol. The number of hydrogen-bond acceptors (Lipinski definition) is 4. The number of aromatic amines is 2. The van der Waals surface area contributed by atoms with Gasteiger partial charge in [-0.2, -0.15) is 0 Å². The number of carbonyl (C=O) groups excluding carboxylic acids is 1. The highest BCUT2D eigenvalue weighted by molar-refractivity contribution is 7.17. The zero-order chi connectivity index (χ0) is 19.3. The maximum Gasteiger partial charge on any atom is 0.270 e. The fraction of sp³-hybridized carbons (Fsp3) is 0.250. The number of aromatic nitrogens is 3. The van der Waals surface area contributed by atoms with Crippen molar-refractivity contribution in [3.8, 4) is 0 Å². The van der Waals surface area contributed by atoms with Gasteiger partial charge in [-0.1, -0.05) is 6.07 Å². The summed E-state index contributed by atoms with van der Waals surface area (Å²) in [5.74, 6) is 0.330. The second kappa shape index (κ2) is 6.35. The second-order valence-corrected chi connectivity index (χ2v) is 7.83. The van der Waals surface area contributed by atoms with Crippen molar-refractivity contribution in [3.63, 3.8) is 0 Å². The third-order valence-electron chi connectivity index (χ3n) is 4.97. The summed E-state index contributed by atoms with van der Waals surface area (Å²) in [4.78, 5) is 37.0. The van der Waals surface area contributed by atoms with Crippen molar-refractivity contribution >= 4 is 38.4 Å². The molecule has 0 unspecified atom stereocenters. The van der Waals surface area contributed by atoms with Crippen molar-refractivity contribution in [3.05, 3.63) is 62.1 Å². The summed E-state index contributed by atoms with van der Waals surface area (Å²) in [6.45, 7) is 6.40. The Hall–Kier alpha value is -2.93. The van der Waals surface area contributed by atoms with Crippen LogP contribution in [-0.4, -0.2) is 32.8 Å². The van der Waals surface area contributed by atoms with E-state index in [9.17, 15) is 9.59 Å². The number of hydrogen-bond donors (Lipinski definition) is 2. The second-order valence-electron chi connectivity index (χ2n) is 6.92. The molecule has 0 bridgehead atoms. The summed E-state index contributed by atoms with van der Waals surface area (Å²) >= 11 is 1.36. The fourth-order valence-electron chi connectivity index (χ4n) is 3.38. The first kappa shape index (κ1) is 17.5. The van der Waals surface area contributed by atoms with E-state index in [0.717, 1.165) is 22.0 Å². The lowest BCUT2D eigenvalue weighted by Crippen LogP contribution is -2.28. The van der Waals surface area contributed by atoms with Crippen molar-refractivity contribution in [2.24, 2.45) is 0 Å². The Morgan fingerprint density at radius 1 is 1.19 bits per heavy atom. The molecule has 4 aromatic rings. The molecule has 0 aliphatic carbocycles. The van der Waals surface area contributed by atoms with Crippen molar-refractivity contribution in [2.45, 2.75) is 27.3 Å². The zero-order valence-electron chi connectivity index (χ0n) is 15.6. The molecule has 27 heavy (non-hydrogen) atoms. The summed E-state index contributed by atoms with van der Waals surface area (Å²) in [5.41, 5.74) is 5.50. The first-order valence-corrected chi connectivity index (χ1v) is 9.54. The number of rotatable bonds is 3. The Bertz CT molecular complexity index is 1250. The zero-order valence-corrected chi connectivity index (χ0v) is 16.5. The highest BCUT2D eigenvalue weighted by Crippen LogP contribution is 2.26. The molecule has 0 saturated heterocycles. The highest BCUT2D eigenvalue weighted by atomic mass is 32.1. The summed E-state index contributed by atoms with van der Waals surface area (Å²) in [5, 5.41) is 2.89. The standard InChI is InChI=1S/C20H20N4O2S/c1-10-7-11(2)13-8-15(22-17(13)12(10)3)20(26)24(4)9-16-21-14-5-6-27-18(14)19(25)23-16/h5-8,22H,9H2,1-4H3,(H,21,23,25). The number of nitrogens with one attached hydrogen (secondary N) is 2. The normalized spacial score (nSPS) is 11.4.